The normalized spacial score (nSPS) is 10.7. The van der Waals surface area contributed by atoms with Gasteiger partial charge in [0.1, 0.15) is 5.75 Å². The van der Waals surface area contributed by atoms with Gasteiger partial charge in [-0.2, -0.15) is 0 Å². The van der Waals surface area contributed by atoms with Crippen molar-refractivity contribution in [3.63, 3.8) is 0 Å². The average molecular weight is 324 g/mol. The maximum Gasteiger partial charge on any atom is 0.162 e. The number of carbonyl (C=O) groups excluding carboxylic acids is 1. The van der Waals surface area contributed by atoms with Gasteiger partial charge in [-0.1, -0.05) is 81.8 Å². The largest absolute Gasteiger partial charge is 0.508 e. The van der Waals surface area contributed by atoms with Crippen LogP contribution in [0, 0.1) is 0 Å². The zero-order valence-corrected chi connectivity index (χ0v) is 14.6. The molecular weight excluding hydrogens is 296 g/mol. The standard InChI is InChI=1S/C22H28O2/c1-2-3-4-5-6-7-8-9-22(24)20-12-10-18(11-13-20)19-14-16-21(23)17-15-19/h10-17,23H,2-9H2,1H3. The third-order valence-corrected chi connectivity index (χ3v) is 4.41. The van der Waals surface area contributed by atoms with Gasteiger partial charge in [-0.3, -0.25) is 4.79 Å². The molecule has 0 heterocycles. The molecule has 0 aliphatic heterocycles. The van der Waals surface area contributed by atoms with Crippen LogP contribution < -0.4 is 0 Å². The summed E-state index contributed by atoms with van der Waals surface area (Å²) in [6.45, 7) is 2.23. The zero-order valence-electron chi connectivity index (χ0n) is 14.6. The summed E-state index contributed by atoms with van der Waals surface area (Å²) < 4.78 is 0. The number of rotatable bonds is 10. The maximum absolute atomic E-state index is 12.2. The summed E-state index contributed by atoms with van der Waals surface area (Å²) in [5.74, 6) is 0.501. The molecule has 0 radical (unpaired) electrons. The van der Waals surface area contributed by atoms with Crippen molar-refractivity contribution in [2.24, 2.45) is 0 Å². The first-order valence-corrected chi connectivity index (χ1v) is 9.13. The number of ketones is 1. The van der Waals surface area contributed by atoms with Crippen LogP contribution in [0.4, 0.5) is 0 Å². The fraction of sp³-hybridized carbons (Fsp3) is 0.409. The molecule has 2 aromatic rings. The molecule has 0 amide bonds. The van der Waals surface area contributed by atoms with E-state index in [0.717, 1.165) is 29.5 Å². The number of carbonyl (C=O) groups is 1. The van der Waals surface area contributed by atoms with Crippen molar-refractivity contribution < 1.29 is 9.90 Å². The Kier molecular flexibility index (Phi) is 7.54. The van der Waals surface area contributed by atoms with Crippen molar-refractivity contribution in [1.82, 2.24) is 0 Å². The number of Topliss-reactive ketones (excluding diaryl/α,β-unsaturated/α-hetero) is 1. The Labute approximate surface area is 145 Å². The summed E-state index contributed by atoms with van der Waals surface area (Å²) in [5, 5.41) is 9.34. The van der Waals surface area contributed by atoms with Crippen molar-refractivity contribution in [2.75, 3.05) is 0 Å². The van der Waals surface area contributed by atoms with Crippen LogP contribution in [0.1, 0.15) is 68.6 Å². The van der Waals surface area contributed by atoms with E-state index in [1.807, 2.05) is 36.4 Å². The molecule has 0 bridgehead atoms. The van der Waals surface area contributed by atoms with Gasteiger partial charge in [0.05, 0.1) is 0 Å². The van der Waals surface area contributed by atoms with E-state index in [9.17, 15) is 9.90 Å². The molecule has 0 fully saturated rings. The van der Waals surface area contributed by atoms with Gasteiger partial charge in [0.25, 0.3) is 0 Å². The SMILES string of the molecule is CCCCCCCCCC(=O)c1ccc(-c2ccc(O)cc2)cc1. The Morgan fingerprint density at radius 3 is 1.83 bits per heavy atom. The molecule has 2 heteroatoms. The lowest BCUT2D eigenvalue weighted by atomic mass is 9.99. The van der Waals surface area contributed by atoms with Crippen molar-refractivity contribution in [3.05, 3.63) is 54.1 Å². The summed E-state index contributed by atoms with van der Waals surface area (Å²) in [4.78, 5) is 12.2. The van der Waals surface area contributed by atoms with E-state index in [-0.39, 0.29) is 11.5 Å². The molecule has 128 valence electrons. The van der Waals surface area contributed by atoms with Crippen LogP contribution in [0.2, 0.25) is 0 Å². The third-order valence-electron chi connectivity index (χ3n) is 4.41. The van der Waals surface area contributed by atoms with Crippen LogP contribution in [-0.2, 0) is 0 Å². The number of unbranched alkanes of at least 4 members (excludes halogenated alkanes) is 6. The van der Waals surface area contributed by atoms with E-state index in [1.54, 1.807) is 12.1 Å². The first-order chi connectivity index (χ1) is 11.7. The average Bonchev–Trinajstić information content (AvgIpc) is 2.61. The molecule has 0 saturated heterocycles. The lowest BCUT2D eigenvalue weighted by Gasteiger charge is -2.05. The first kappa shape index (κ1) is 18.3. The van der Waals surface area contributed by atoms with Crippen LogP contribution >= 0.6 is 0 Å². The summed E-state index contributed by atoms with van der Waals surface area (Å²) in [7, 11) is 0. The quantitative estimate of drug-likeness (QED) is 0.406. The van der Waals surface area contributed by atoms with E-state index in [4.69, 9.17) is 0 Å². The first-order valence-electron chi connectivity index (χ1n) is 9.13. The number of phenols is 1. The van der Waals surface area contributed by atoms with Crippen molar-refractivity contribution in [2.45, 2.75) is 58.3 Å². The molecule has 0 spiro atoms. The number of benzene rings is 2. The second kappa shape index (κ2) is 9.92. The number of phenolic OH excluding ortho intramolecular Hbond substituents is 1. The highest BCUT2D eigenvalue weighted by molar-refractivity contribution is 5.96. The maximum atomic E-state index is 12.2. The van der Waals surface area contributed by atoms with E-state index >= 15 is 0 Å². The predicted molar refractivity (Wildman–Crippen MR) is 100 cm³/mol. The molecule has 0 aliphatic rings. The van der Waals surface area contributed by atoms with Crippen molar-refractivity contribution >= 4 is 5.78 Å². The minimum Gasteiger partial charge on any atom is -0.508 e. The van der Waals surface area contributed by atoms with E-state index in [1.165, 1.54) is 32.1 Å². The zero-order chi connectivity index (χ0) is 17.2. The Morgan fingerprint density at radius 2 is 1.25 bits per heavy atom. The van der Waals surface area contributed by atoms with Crippen LogP contribution in [0.5, 0.6) is 5.75 Å². The van der Waals surface area contributed by atoms with Gasteiger partial charge in [0.2, 0.25) is 0 Å². The number of aromatic hydroxyl groups is 1. The van der Waals surface area contributed by atoms with Crippen LogP contribution in [0.25, 0.3) is 11.1 Å². The highest BCUT2D eigenvalue weighted by atomic mass is 16.3. The Morgan fingerprint density at radius 1 is 0.750 bits per heavy atom. The van der Waals surface area contributed by atoms with E-state index < -0.39 is 0 Å². The summed E-state index contributed by atoms with van der Waals surface area (Å²) in [5.41, 5.74) is 2.89. The molecule has 0 atom stereocenters. The third kappa shape index (κ3) is 5.84. The van der Waals surface area contributed by atoms with Gasteiger partial charge in [-0.05, 0) is 29.7 Å². The molecular formula is C22H28O2. The van der Waals surface area contributed by atoms with Crippen LogP contribution in [0.3, 0.4) is 0 Å². The molecule has 2 aromatic carbocycles. The summed E-state index contributed by atoms with van der Waals surface area (Å²) in [6.07, 6.45) is 9.25. The molecule has 0 unspecified atom stereocenters. The van der Waals surface area contributed by atoms with E-state index in [0.29, 0.717) is 6.42 Å². The molecule has 24 heavy (non-hydrogen) atoms. The monoisotopic (exact) mass is 324 g/mol. The highest BCUT2D eigenvalue weighted by Gasteiger charge is 2.06. The van der Waals surface area contributed by atoms with Gasteiger partial charge in [-0.15, -0.1) is 0 Å². The molecule has 0 aliphatic carbocycles. The number of hydrogen-bond donors (Lipinski definition) is 1. The van der Waals surface area contributed by atoms with Crippen LogP contribution in [-0.4, -0.2) is 10.9 Å². The van der Waals surface area contributed by atoms with Gasteiger partial charge >= 0.3 is 0 Å². The molecule has 2 nitrogen and oxygen atoms in total. The Bertz CT molecular complexity index is 611. The molecule has 0 saturated carbocycles. The Balaban J connectivity index is 1.78. The molecule has 1 N–H and O–H groups in total. The fourth-order valence-electron chi connectivity index (χ4n) is 2.89. The number of hydrogen-bond acceptors (Lipinski definition) is 2. The van der Waals surface area contributed by atoms with Gasteiger partial charge in [0, 0.05) is 12.0 Å². The van der Waals surface area contributed by atoms with Crippen LogP contribution in [0.15, 0.2) is 48.5 Å². The second-order valence-electron chi connectivity index (χ2n) is 6.42. The van der Waals surface area contributed by atoms with Crippen molar-refractivity contribution in [1.29, 1.82) is 0 Å². The highest BCUT2D eigenvalue weighted by Crippen LogP contribution is 2.22. The smallest absolute Gasteiger partial charge is 0.162 e. The minimum absolute atomic E-state index is 0.237. The van der Waals surface area contributed by atoms with Gasteiger partial charge in [0.15, 0.2) is 5.78 Å². The predicted octanol–water partition coefficient (Wildman–Crippen LogP) is 6.38. The summed E-state index contributed by atoms with van der Waals surface area (Å²) in [6, 6.07) is 14.9. The van der Waals surface area contributed by atoms with Gasteiger partial charge < -0.3 is 5.11 Å². The van der Waals surface area contributed by atoms with Gasteiger partial charge in [-0.25, -0.2) is 0 Å². The Hall–Kier alpha value is -2.09. The molecule has 0 aromatic heterocycles. The second-order valence-corrected chi connectivity index (χ2v) is 6.42. The van der Waals surface area contributed by atoms with Crippen molar-refractivity contribution in [3.8, 4) is 16.9 Å². The molecule has 2 rings (SSSR count). The van der Waals surface area contributed by atoms with E-state index in [2.05, 4.69) is 6.92 Å². The lowest BCUT2D eigenvalue weighted by Crippen LogP contribution is -1.98. The summed E-state index contributed by atoms with van der Waals surface area (Å²) >= 11 is 0. The fourth-order valence-corrected chi connectivity index (χ4v) is 2.89. The minimum atomic E-state index is 0.237. The topological polar surface area (TPSA) is 37.3 Å². The lowest BCUT2D eigenvalue weighted by molar-refractivity contribution is 0.0979.